The molecule has 11 heteroatoms. The zero-order valence-corrected chi connectivity index (χ0v) is 25.1. The second-order valence-corrected chi connectivity index (χ2v) is 9.85. The van der Waals surface area contributed by atoms with Crippen LogP contribution in [0.3, 0.4) is 0 Å². The number of amides is 2. The van der Waals surface area contributed by atoms with Gasteiger partial charge in [0.1, 0.15) is 6.04 Å². The first kappa shape index (κ1) is 36.3. The average Bonchev–Trinajstić information content (AvgIpc) is 2.97. The molecule has 0 aliphatic heterocycles. The minimum absolute atomic E-state index is 0.161. The minimum atomic E-state index is -0.653. The highest BCUT2D eigenvalue weighted by Crippen LogP contribution is 2.14. The number of anilines is 1. The second kappa shape index (κ2) is 26.2. The minimum Gasteiger partial charge on any atom is -0.379 e. The predicted octanol–water partition coefficient (Wildman–Crippen LogP) is 5.58. The molecule has 0 bridgehead atoms. The molecular formula is C30H51N5O6. The Kier molecular flexibility index (Phi) is 23.2. The summed E-state index contributed by atoms with van der Waals surface area (Å²) in [7, 11) is 0. The third-order valence-corrected chi connectivity index (χ3v) is 6.30. The Hall–Kier alpha value is -2.69. The molecule has 1 rings (SSSR count). The van der Waals surface area contributed by atoms with E-state index in [0.717, 1.165) is 12.1 Å². The largest absolute Gasteiger partial charge is 0.379 e. The van der Waals surface area contributed by atoms with E-state index in [1.807, 2.05) is 12.1 Å². The summed E-state index contributed by atoms with van der Waals surface area (Å²) < 4.78 is 21.4. The molecule has 2 N–H and O–H groups in total. The fourth-order valence-corrected chi connectivity index (χ4v) is 3.92. The van der Waals surface area contributed by atoms with E-state index in [-0.39, 0.29) is 24.8 Å². The molecule has 0 unspecified atom stereocenters. The van der Waals surface area contributed by atoms with Crippen LogP contribution in [-0.2, 0) is 35.0 Å². The van der Waals surface area contributed by atoms with Crippen molar-refractivity contribution in [1.82, 2.24) is 5.32 Å². The summed E-state index contributed by atoms with van der Waals surface area (Å²) in [5, 5.41) is 8.94. The zero-order chi connectivity index (χ0) is 29.8. The van der Waals surface area contributed by atoms with Gasteiger partial charge in [-0.1, -0.05) is 69.1 Å². The standard InChI is InChI=1S/C30H51N5O6/c1-3-4-5-6-7-8-9-10-11-27-12-14-28(15-13-27)34-30(37)26(2)33-29(36)16-18-38-20-22-40-24-25-41-23-21-39-19-17-32-35-31/h12-15,26H,3-11,16-25H2,1-2H3,(H,33,36)(H,34,37)/t26-/m1/s1. The van der Waals surface area contributed by atoms with Gasteiger partial charge in [-0.2, -0.15) is 0 Å². The van der Waals surface area contributed by atoms with Crippen molar-refractivity contribution < 1.29 is 28.5 Å². The Bertz CT molecular complexity index is 848. The molecule has 0 aliphatic carbocycles. The Morgan fingerprint density at radius 1 is 0.805 bits per heavy atom. The van der Waals surface area contributed by atoms with Crippen LogP contribution in [0, 0.1) is 0 Å². The lowest BCUT2D eigenvalue weighted by atomic mass is 10.0. The van der Waals surface area contributed by atoms with Gasteiger partial charge in [0.2, 0.25) is 11.8 Å². The molecule has 0 saturated carbocycles. The van der Waals surface area contributed by atoms with Crippen LogP contribution in [0.25, 0.3) is 10.4 Å². The van der Waals surface area contributed by atoms with Crippen LogP contribution in [0.1, 0.15) is 77.2 Å². The molecular weight excluding hydrogens is 526 g/mol. The van der Waals surface area contributed by atoms with E-state index in [4.69, 9.17) is 24.5 Å². The number of benzene rings is 1. The number of hydrogen-bond acceptors (Lipinski definition) is 7. The second-order valence-electron chi connectivity index (χ2n) is 9.85. The number of carbonyl (C=O) groups is 2. The van der Waals surface area contributed by atoms with E-state index < -0.39 is 6.04 Å². The average molecular weight is 578 g/mol. The maximum Gasteiger partial charge on any atom is 0.246 e. The maximum atomic E-state index is 12.5. The fourth-order valence-electron chi connectivity index (χ4n) is 3.92. The molecule has 0 aliphatic rings. The van der Waals surface area contributed by atoms with Gasteiger partial charge in [-0.25, -0.2) is 0 Å². The normalized spacial score (nSPS) is 11.6. The number of aryl methyl sites for hydroxylation is 1. The van der Waals surface area contributed by atoms with Crippen LogP contribution in [0.2, 0.25) is 0 Å². The van der Waals surface area contributed by atoms with Gasteiger partial charge in [-0.05, 0) is 43.0 Å². The first-order valence-electron chi connectivity index (χ1n) is 15.1. The van der Waals surface area contributed by atoms with E-state index >= 15 is 0 Å². The lowest BCUT2D eigenvalue weighted by Crippen LogP contribution is -2.41. The third kappa shape index (κ3) is 21.7. The summed E-state index contributed by atoms with van der Waals surface area (Å²) in [6, 6.07) is 7.29. The molecule has 0 saturated heterocycles. The zero-order valence-electron chi connectivity index (χ0n) is 25.1. The molecule has 41 heavy (non-hydrogen) atoms. The van der Waals surface area contributed by atoms with Crippen molar-refractivity contribution in [3.8, 4) is 0 Å². The number of rotatable bonds is 27. The summed E-state index contributed by atoms with van der Waals surface area (Å²) in [4.78, 5) is 27.3. The van der Waals surface area contributed by atoms with Gasteiger partial charge in [0.15, 0.2) is 0 Å². The SMILES string of the molecule is CCCCCCCCCCc1ccc(NC(=O)[C@@H](C)NC(=O)CCOCCOCCOCCOCCN=[N+]=[N-])cc1. The topological polar surface area (TPSA) is 144 Å². The molecule has 1 aromatic carbocycles. The van der Waals surface area contributed by atoms with Crippen LogP contribution in [0.4, 0.5) is 5.69 Å². The highest BCUT2D eigenvalue weighted by molar-refractivity contribution is 5.96. The predicted molar refractivity (Wildman–Crippen MR) is 161 cm³/mol. The molecule has 232 valence electrons. The molecule has 11 nitrogen and oxygen atoms in total. The van der Waals surface area contributed by atoms with Crippen LogP contribution in [0.15, 0.2) is 29.4 Å². The van der Waals surface area contributed by atoms with Crippen molar-refractivity contribution in [2.24, 2.45) is 5.11 Å². The van der Waals surface area contributed by atoms with Gasteiger partial charge >= 0.3 is 0 Å². The quantitative estimate of drug-likeness (QED) is 0.0605. The van der Waals surface area contributed by atoms with Crippen molar-refractivity contribution in [2.75, 3.05) is 64.7 Å². The van der Waals surface area contributed by atoms with E-state index in [1.165, 1.54) is 56.9 Å². The number of carbonyl (C=O) groups excluding carboxylic acids is 2. The maximum absolute atomic E-state index is 12.5. The molecule has 0 heterocycles. The molecule has 1 aromatic rings. The third-order valence-electron chi connectivity index (χ3n) is 6.30. The van der Waals surface area contributed by atoms with Gasteiger partial charge < -0.3 is 29.6 Å². The summed E-state index contributed by atoms with van der Waals surface area (Å²) in [5.74, 6) is -0.505. The Labute approximate surface area is 245 Å². The lowest BCUT2D eigenvalue weighted by Gasteiger charge is -2.14. The Balaban J connectivity index is 2.02. The molecule has 0 radical (unpaired) electrons. The summed E-state index contributed by atoms with van der Waals surface area (Å²) in [5.41, 5.74) is 10.1. The first-order chi connectivity index (χ1) is 20.1. The van der Waals surface area contributed by atoms with Crippen molar-refractivity contribution in [1.29, 1.82) is 0 Å². The van der Waals surface area contributed by atoms with Crippen LogP contribution >= 0.6 is 0 Å². The number of ether oxygens (including phenoxy) is 4. The molecule has 0 aromatic heterocycles. The van der Waals surface area contributed by atoms with Gasteiger partial charge in [-0.3, -0.25) is 9.59 Å². The number of hydrogen-bond donors (Lipinski definition) is 2. The van der Waals surface area contributed by atoms with E-state index in [0.29, 0.717) is 52.8 Å². The van der Waals surface area contributed by atoms with Crippen LogP contribution in [0.5, 0.6) is 0 Å². The Morgan fingerprint density at radius 2 is 1.34 bits per heavy atom. The first-order valence-corrected chi connectivity index (χ1v) is 15.1. The highest BCUT2D eigenvalue weighted by Gasteiger charge is 2.15. The van der Waals surface area contributed by atoms with Crippen molar-refractivity contribution in [2.45, 2.75) is 84.1 Å². The van der Waals surface area contributed by atoms with Crippen molar-refractivity contribution in [3.63, 3.8) is 0 Å². The van der Waals surface area contributed by atoms with Gasteiger partial charge in [0.25, 0.3) is 0 Å². The van der Waals surface area contributed by atoms with Gasteiger partial charge in [-0.15, -0.1) is 0 Å². The smallest absolute Gasteiger partial charge is 0.246 e. The number of unbranched alkanes of at least 4 members (excludes halogenated alkanes) is 7. The molecule has 0 fully saturated rings. The van der Waals surface area contributed by atoms with Crippen LogP contribution < -0.4 is 10.6 Å². The van der Waals surface area contributed by atoms with Crippen molar-refractivity contribution in [3.05, 3.63) is 40.3 Å². The summed E-state index contributed by atoms with van der Waals surface area (Å²) in [6.07, 6.45) is 11.7. The molecule has 0 spiro atoms. The highest BCUT2D eigenvalue weighted by atomic mass is 16.6. The van der Waals surface area contributed by atoms with E-state index in [2.05, 4.69) is 39.7 Å². The number of nitrogens with zero attached hydrogens (tertiary/aromatic N) is 3. The lowest BCUT2D eigenvalue weighted by molar-refractivity contribution is -0.127. The molecule has 2 amide bonds. The van der Waals surface area contributed by atoms with Crippen LogP contribution in [-0.4, -0.2) is 77.3 Å². The van der Waals surface area contributed by atoms with E-state index in [1.54, 1.807) is 6.92 Å². The summed E-state index contributed by atoms with van der Waals surface area (Å²) in [6.45, 7) is 7.32. The number of azide groups is 1. The Morgan fingerprint density at radius 3 is 1.93 bits per heavy atom. The van der Waals surface area contributed by atoms with Gasteiger partial charge in [0, 0.05) is 23.6 Å². The van der Waals surface area contributed by atoms with Gasteiger partial charge in [0.05, 0.1) is 52.9 Å². The van der Waals surface area contributed by atoms with Crippen molar-refractivity contribution >= 4 is 17.5 Å². The molecule has 1 atom stereocenters. The fraction of sp³-hybridized carbons (Fsp3) is 0.733. The monoisotopic (exact) mass is 577 g/mol. The van der Waals surface area contributed by atoms with E-state index in [9.17, 15) is 9.59 Å². The number of nitrogens with one attached hydrogen (secondary N) is 2. The summed E-state index contributed by atoms with van der Waals surface area (Å²) >= 11 is 0.